The minimum atomic E-state index is -1.11. The van der Waals surface area contributed by atoms with E-state index in [9.17, 15) is 24.3 Å². The third-order valence-electron chi connectivity index (χ3n) is 6.83. The van der Waals surface area contributed by atoms with Gasteiger partial charge in [-0.15, -0.1) is 0 Å². The Morgan fingerprint density at radius 2 is 1.30 bits per heavy atom. The molecule has 6 N–H and O–H groups in total. The summed E-state index contributed by atoms with van der Waals surface area (Å²) in [5.41, 5.74) is 5.24. The second kappa shape index (κ2) is 26.3. The van der Waals surface area contributed by atoms with Gasteiger partial charge in [-0.05, 0) is 26.2 Å². The van der Waals surface area contributed by atoms with Gasteiger partial charge in [-0.1, -0.05) is 107 Å². The van der Waals surface area contributed by atoms with Gasteiger partial charge in [-0.25, -0.2) is 4.79 Å². The molecule has 40 heavy (non-hydrogen) atoms. The maximum absolute atomic E-state index is 12.0. The fourth-order valence-corrected chi connectivity index (χ4v) is 4.01. The van der Waals surface area contributed by atoms with Crippen LogP contribution in [-0.4, -0.2) is 58.8 Å². The number of hydrogen-bond donors (Lipinski definition) is 5. The summed E-state index contributed by atoms with van der Waals surface area (Å²) in [7, 11) is 2.13. The number of carbonyl (C=O) groups excluding carboxylic acids is 3. The molecule has 0 aliphatic heterocycles. The average molecular weight is 590 g/mol. The molecule has 0 saturated heterocycles. The Bertz CT molecular complexity index is 688. The Morgan fingerprint density at radius 1 is 0.825 bits per heavy atom. The standard InChI is InChI=1S/C24H47N3O4.C6H13O2P/c1-3-4-5-6-7-8-9-10-11-12-13-14-15-16-23(29)27-21(24(30)31)17-18-22(28)26-19-20(2)25;1-6(2,3-4-7)5(8)9/h20-21H,3-19,25H2,1-2H3,(H,26,28)(H,27,29)(H,30,31);7H,3-4,9H2,1-2H3. The van der Waals surface area contributed by atoms with Crippen LogP contribution in [0.15, 0.2) is 0 Å². The molecule has 0 saturated carbocycles. The highest BCUT2D eigenvalue weighted by Crippen LogP contribution is 2.23. The number of carboxylic acids is 1. The summed E-state index contributed by atoms with van der Waals surface area (Å²) in [4.78, 5) is 45.8. The number of nitrogens with one attached hydrogen (secondary N) is 2. The van der Waals surface area contributed by atoms with Crippen LogP contribution in [0, 0.1) is 5.41 Å². The Morgan fingerprint density at radius 3 is 1.68 bits per heavy atom. The van der Waals surface area contributed by atoms with Crippen LogP contribution >= 0.6 is 9.24 Å². The maximum atomic E-state index is 12.0. The number of carbonyl (C=O) groups is 4. The molecule has 0 heterocycles. The third kappa shape index (κ3) is 26.6. The van der Waals surface area contributed by atoms with E-state index >= 15 is 0 Å². The number of unbranched alkanes of at least 4 members (excludes halogenated alkanes) is 12. The summed E-state index contributed by atoms with van der Waals surface area (Å²) < 4.78 is 0. The molecule has 0 radical (unpaired) electrons. The number of carboxylic acid groups (broad SMARTS) is 1. The molecular weight excluding hydrogens is 529 g/mol. The lowest BCUT2D eigenvalue weighted by atomic mass is 9.92. The third-order valence-corrected chi connectivity index (χ3v) is 7.61. The van der Waals surface area contributed by atoms with E-state index in [0.29, 0.717) is 19.4 Å². The van der Waals surface area contributed by atoms with Crippen molar-refractivity contribution in [1.82, 2.24) is 10.6 Å². The van der Waals surface area contributed by atoms with Crippen molar-refractivity contribution in [2.24, 2.45) is 11.1 Å². The van der Waals surface area contributed by atoms with E-state index < -0.39 is 12.0 Å². The van der Waals surface area contributed by atoms with E-state index in [1.54, 1.807) is 6.92 Å². The Balaban J connectivity index is 0. The van der Waals surface area contributed by atoms with Gasteiger partial charge < -0.3 is 26.6 Å². The number of aliphatic hydroxyl groups excluding tert-OH is 1. The van der Waals surface area contributed by atoms with E-state index in [-0.39, 0.29) is 48.2 Å². The van der Waals surface area contributed by atoms with E-state index in [1.807, 2.05) is 13.8 Å². The van der Waals surface area contributed by atoms with Crippen molar-refractivity contribution in [3.8, 4) is 0 Å². The quantitative estimate of drug-likeness (QED) is 0.0776. The van der Waals surface area contributed by atoms with Crippen LogP contribution in [0.3, 0.4) is 0 Å². The molecule has 236 valence electrons. The fourth-order valence-electron chi connectivity index (χ4n) is 3.87. The molecule has 2 amide bonds. The van der Waals surface area contributed by atoms with Gasteiger partial charge in [0.25, 0.3) is 0 Å². The molecule has 0 rings (SSSR count). The normalized spacial score (nSPS) is 12.6. The Labute approximate surface area is 245 Å². The van der Waals surface area contributed by atoms with Gasteiger partial charge in [0.1, 0.15) is 6.04 Å². The van der Waals surface area contributed by atoms with Gasteiger partial charge in [0.15, 0.2) is 5.52 Å². The van der Waals surface area contributed by atoms with Crippen molar-refractivity contribution in [3.63, 3.8) is 0 Å². The summed E-state index contributed by atoms with van der Waals surface area (Å²) in [6.07, 6.45) is 17.1. The van der Waals surface area contributed by atoms with Gasteiger partial charge in [-0.2, -0.15) is 0 Å². The molecule has 0 aliphatic rings. The molecule has 0 aromatic heterocycles. The van der Waals surface area contributed by atoms with Crippen molar-refractivity contribution < 1.29 is 29.4 Å². The topological polar surface area (TPSA) is 159 Å². The fraction of sp³-hybridized carbons (Fsp3) is 0.867. The molecule has 0 fully saturated rings. The largest absolute Gasteiger partial charge is 0.480 e. The maximum Gasteiger partial charge on any atom is 0.326 e. The zero-order valence-electron chi connectivity index (χ0n) is 25.8. The molecule has 0 aromatic carbocycles. The minimum absolute atomic E-state index is 0.0444. The first-order valence-corrected chi connectivity index (χ1v) is 15.9. The monoisotopic (exact) mass is 589 g/mol. The lowest BCUT2D eigenvalue weighted by Gasteiger charge is -2.18. The molecule has 9 nitrogen and oxygen atoms in total. The zero-order valence-corrected chi connectivity index (χ0v) is 26.9. The minimum Gasteiger partial charge on any atom is -0.480 e. The Hall–Kier alpha value is -1.57. The number of hydrogen-bond acceptors (Lipinski definition) is 6. The van der Waals surface area contributed by atoms with Crippen molar-refractivity contribution in [3.05, 3.63) is 0 Å². The average Bonchev–Trinajstić information content (AvgIpc) is 2.88. The first-order chi connectivity index (χ1) is 18.9. The number of amides is 2. The summed E-state index contributed by atoms with van der Waals surface area (Å²) in [6.45, 7) is 8.08. The predicted molar refractivity (Wildman–Crippen MR) is 166 cm³/mol. The molecule has 0 aliphatic carbocycles. The van der Waals surface area contributed by atoms with Crippen LogP contribution in [0.4, 0.5) is 0 Å². The highest BCUT2D eigenvalue weighted by atomic mass is 31.0. The molecule has 3 atom stereocenters. The van der Waals surface area contributed by atoms with Crippen LogP contribution in [0.2, 0.25) is 0 Å². The van der Waals surface area contributed by atoms with Crippen molar-refractivity contribution in [2.45, 2.75) is 149 Å². The molecular formula is C30H60N3O6P. The first-order valence-electron chi connectivity index (χ1n) is 15.3. The van der Waals surface area contributed by atoms with Crippen molar-refractivity contribution >= 4 is 32.5 Å². The van der Waals surface area contributed by atoms with Gasteiger partial charge in [0.2, 0.25) is 11.8 Å². The van der Waals surface area contributed by atoms with Crippen molar-refractivity contribution in [2.75, 3.05) is 13.2 Å². The lowest BCUT2D eigenvalue weighted by molar-refractivity contribution is -0.142. The molecule has 3 unspecified atom stereocenters. The second-order valence-electron chi connectivity index (χ2n) is 11.5. The first kappa shape index (κ1) is 40.6. The highest BCUT2D eigenvalue weighted by molar-refractivity contribution is 7.40. The summed E-state index contributed by atoms with van der Waals surface area (Å²) in [5.74, 6) is -1.63. The van der Waals surface area contributed by atoms with Crippen molar-refractivity contribution in [1.29, 1.82) is 0 Å². The van der Waals surface area contributed by atoms with Crippen LogP contribution in [0.25, 0.3) is 0 Å². The summed E-state index contributed by atoms with van der Waals surface area (Å²) in [5, 5.41) is 22.9. The number of nitrogens with two attached hydrogens (primary N) is 1. The molecule has 0 aromatic rings. The number of aliphatic hydroxyl groups is 1. The molecule has 0 bridgehead atoms. The SMILES string of the molecule is CC(C)(CCO)C(=O)P.CCCCCCCCCCCCCCCC(=O)NC(CCC(=O)NCC(C)N)C(=O)O. The number of aliphatic carboxylic acids is 1. The van der Waals surface area contributed by atoms with Gasteiger partial charge in [-0.3, -0.25) is 14.4 Å². The summed E-state index contributed by atoms with van der Waals surface area (Å²) >= 11 is 0. The smallest absolute Gasteiger partial charge is 0.326 e. The van der Waals surface area contributed by atoms with E-state index in [4.69, 9.17) is 10.8 Å². The van der Waals surface area contributed by atoms with Crippen LogP contribution in [0.5, 0.6) is 0 Å². The van der Waals surface area contributed by atoms with E-state index in [1.165, 1.54) is 64.2 Å². The number of rotatable bonds is 24. The second-order valence-corrected chi connectivity index (χ2v) is 12.0. The molecule has 10 heteroatoms. The van der Waals surface area contributed by atoms with E-state index in [0.717, 1.165) is 19.3 Å². The van der Waals surface area contributed by atoms with Crippen LogP contribution in [-0.2, 0) is 19.2 Å². The van der Waals surface area contributed by atoms with E-state index in [2.05, 4.69) is 26.8 Å². The highest BCUT2D eigenvalue weighted by Gasteiger charge is 2.22. The van der Waals surface area contributed by atoms with Gasteiger partial charge in [0, 0.05) is 37.5 Å². The predicted octanol–water partition coefficient (Wildman–Crippen LogP) is 5.08. The molecule has 0 spiro atoms. The van der Waals surface area contributed by atoms with Crippen LogP contribution in [0.1, 0.15) is 137 Å². The van der Waals surface area contributed by atoms with Crippen LogP contribution < -0.4 is 16.4 Å². The lowest BCUT2D eigenvalue weighted by Crippen LogP contribution is -2.42. The zero-order chi connectivity index (χ0) is 30.8. The summed E-state index contributed by atoms with van der Waals surface area (Å²) in [6, 6.07) is -1.19. The van der Waals surface area contributed by atoms with Gasteiger partial charge in [0.05, 0.1) is 0 Å². The Kier molecular flexibility index (Phi) is 26.7. The van der Waals surface area contributed by atoms with Gasteiger partial charge >= 0.3 is 5.97 Å².